The Labute approximate surface area is 236 Å². The number of carbonyl (C=O) groups is 3. The second-order valence-corrected chi connectivity index (χ2v) is 9.38. The van der Waals surface area contributed by atoms with Crippen molar-refractivity contribution in [2.45, 2.75) is 57.4 Å². The molecular formula is C31H38ClN3O4. The first-order valence-corrected chi connectivity index (χ1v) is 13.2. The largest absolute Gasteiger partial charge is 0.355 e. The number of nitrogens with two attached hydrogens (primary N) is 1. The van der Waals surface area contributed by atoms with E-state index in [1.54, 1.807) is 0 Å². The molecule has 2 amide bonds. The first-order valence-electron chi connectivity index (χ1n) is 13.2. The molecule has 0 radical (unpaired) electrons. The number of benzene rings is 3. The molecule has 4 N–H and O–H groups in total. The SMILES string of the molecule is Cl.N[C@@H](Cc1ccccc1)C(=O)NCCCC(=O)ONC(=O)Cc1cccc(CCCCc2ccccc2)c1. The number of hydroxylamine groups is 1. The number of hydrogen-bond acceptors (Lipinski definition) is 5. The van der Waals surface area contributed by atoms with Gasteiger partial charge in [0.05, 0.1) is 12.5 Å². The van der Waals surface area contributed by atoms with E-state index in [4.69, 9.17) is 10.6 Å². The Bertz CT molecular complexity index is 1160. The highest BCUT2D eigenvalue weighted by Gasteiger charge is 2.14. The van der Waals surface area contributed by atoms with Gasteiger partial charge in [-0.15, -0.1) is 12.4 Å². The first kappa shape index (κ1) is 31.5. The van der Waals surface area contributed by atoms with Crippen LogP contribution in [0.3, 0.4) is 0 Å². The monoisotopic (exact) mass is 551 g/mol. The molecule has 3 aromatic carbocycles. The van der Waals surface area contributed by atoms with Crippen LogP contribution < -0.4 is 16.5 Å². The van der Waals surface area contributed by atoms with E-state index in [9.17, 15) is 14.4 Å². The molecule has 3 aromatic rings. The van der Waals surface area contributed by atoms with Gasteiger partial charge in [-0.05, 0) is 60.8 Å². The quantitative estimate of drug-likeness (QED) is 0.205. The summed E-state index contributed by atoms with van der Waals surface area (Å²) in [7, 11) is 0. The van der Waals surface area contributed by atoms with Crippen molar-refractivity contribution in [1.82, 2.24) is 10.8 Å². The maximum absolute atomic E-state index is 12.2. The molecule has 39 heavy (non-hydrogen) atoms. The summed E-state index contributed by atoms with van der Waals surface area (Å²) in [5.74, 6) is -1.22. The van der Waals surface area contributed by atoms with Crippen LogP contribution in [0, 0.1) is 0 Å². The first-order chi connectivity index (χ1) is 18.5. The summed E-state index contributed by atoms with van der Waals surface area (Å²) >= 11 is 0. The lowest BCUT2D eigenvalue weighted by atomic mass is 10.0. The third-order valence-electron chi connectivity index (χ3n) is 6.15. The zero-order chi connectivity index (χ0) is 27.0. The molecule has 0 bridgehead atoms. The van der Waals surface area contributed by atoms with Crippen LogP contribution in [0.15, 0.2) is 84.9 Å². The van der Waals surface area contributed by atoms with Gasteiger partial charge in [-0.25, -0.2) is 4.79 Å². The predicted octanol–water partition coefficient (Wildman–Crippen LogP) is 4.26. The minimum absolute atomic E-state index is 0. The fourth-order valence-corrected chi connectivity index (χ4v) is 4.12. The average molecular weight is 552 g/mol. The number of nitrogens with one attached hydrogen (secondary N) is 2. The van der Waals surface area contributed by atoms with Crippen molar-refractivity contribution in [3.05, 3.63) is 107 Å². The molecule has 0 unspecified atom stereocenters. The average Bonchev–Trinajstić information content (AvgIpc) is 2.93. The molecule has 0 aliphatic carbocycles. The smallest absolute Gasteiger partial charge is 0.332 e. The van der Waals surface area contributed by atoms with Gasteiger partial charge in [-0.1, -0.05) is 84.9 Å². The van der Waals surface area contributed by atoms with E-state index in [1.807, 2.05) is 54.6 Å². The Morgan fingerprint density at radius 1 is 0.744 bits per heavy atom. The van der Waals surface area contributed by atoms with Gasteiger partial charge in [0.1, 0.15) is 0 Å². The number of amides is 2. The van der Waals surface area contributed by atoms with Gasteiger partial charge in [-0.2, -0.15) is 5.48 Å². The van der Waals surface area contributed by atoms with Crippen molar-refractivity contribution in [2.75, 3.05) is 6.54 Å². The predicted molar refractivity (Wildman–Crippen MR) is 155 cm³/mol. The zero-order valence-electron chi connectivity index (χ0n) is 22.1. The van der Waals surface area contributed by atoms with Crippen molar-refractivity contribution in [2.24, 2.45) is 5.73 Å². The molecule has 0 heterocycles. The molecule has 208 valence electrons. The van der Waals surface area contributed by atoms with Crippen molar-refractivity contribution in [3.63, 3.8) is 0 Å². The Hall–Kier alpha value is -3.68. The van der Waals surface area contributed by atoms with Crippen LogP contribution in [0.2, 0.25) is 0 Å². The minimum Gasteiger partial charge on any atom is -0.355 e. The zero-order valence-corrected chi connectivity index (χ0v) is 23.0. The fraction of sp³-hybridized carbons (Fsp3) is 0.323. The van der Waals surface area contributed by atoms with Gasteiger partial charge in [0.2, 0.25) is 5.91 Å². The Balaban J connectivity index is 0.00000533. The van der Waals surface area contributed by atoms with E-state index >= 15 is 0 Å². The van der Waals surface area contributed by atoms with Gasteiger partial charge in [0, 0.05) is 13.0 Å². The lowest BCUT2D eigenvalue weighted by Crippen LogP contribution is -2.42. The van der Waals surface area contributed by atoms with Crippen molar-refractivity contribution < 1.29 is 19.2 Å². The van der Waals surface area contributed by atoms with Crippen LogP contribution in [0.4, 0.5) is 0 Å². The number of hydrogen-bond donors (Lipinski definition) is 3. The van der Waals surface area contributed by atoms with Crippen LogP contribution in [0.5, 0.6) is 0 Å². The lowest BCUT2D eigenvalue weighted by molar-refractivity contribution is -0.158. The number of rotatable bonds is 14. The summed E-state index contributed by atoms with van der Waals surface area (Å²) in [6.45, 7) is 0.294. The summed E-state index contributed by atoms with van der Waals surface area (Å²) in [6.07, 6.45) is 5.19. The summed E-state index contributed by atoms with van der Waals surface area (Å²) in [5, 5.41) is 2.73. The van der Waals surface area contributed by atoms with Gasteiger partial charge in [-0.3, -0.25) is 9.59 Å². The minimum atomic E-state index is -0.656. The van der Waals surface area contributed by atoms with Crippen molar-refractivity contribution >= 4 is 30.2 Å². The molecular weight excluding hydrogens is 514 g/mol. The molecule has 0 saturated heterocycles. The van der Waals surface area contributed by atoms with Gasteiger partial charge < -0.3 is 15.9 Å². The van der Waals surface area contributed by atoms with Crippen molar-refractivity contribution in [1.29, 1.82) is 0 Å². The number of aryl methyl sites for hydroxylation is 2. The highest BCUT2D eigenvalue weighted by Crippen LogP contribution is 2.12. The van der Waals surface area contributed by atoms with Crippen LogP contribution in [-0.2, 0) is 44.9 Å². The van der Waals surface area contributed by atoms with Gasteiger partial charge in [0.25, 0.3) is 5.91 Å². The van der Waals surface area contributed by atoms with Crippen LogP contribution in [0.25, 0.3) is 0 Å². The Morgan fingerprint density at radius 2 is 1.33 bits per heavy atom. The molecule has 0 aliphatic rings. The Morgan fingerprint density at radius 3 is 2.03 bits per heavy atom. The van der Waals surface area contributed by atoms with E-state index < -0.39 is 12.0 Å². The molecule has 3 rings (SSSR count). The summed E-state index contributed by atoms with van der Waals surface area (Å²) in [4.78, 5) is 41.2. The molecule has 0 saturated carbocycles. The summed E-state index contributed by atoms with van der Waals surface area (Å²) in [6, 6.07) is 27.3. The van der Waals surface area contributed by atoms with Gasteiger partial charge in [0.15, 0.2) is 0 Å². The molecule has 1 atom stereocenters. The fourth-order valence-electron chi connectivity index (χ4n) is 4.12. The molecule has 7 nitrogen and oxygen atoms in total. The molecule has 0 aliphatic heterocycles. The Kier molecular flexibility index (Phi) is 14.4. The van der Waals surface area contributed by atoms with Crippen molar-refractivity contribution in [3.8, 4) is 0 Å². The maximum Gasteiger partial charge on any atom is 0.332 e. The van der Waals surface area contributed by atoms with E-state index in [2.05, 4.69) is 41.1 Å². The van der Waals surface area contributed by atoms with E-state index in [0.29, 0.717) is 19.4 Å². The second kappa shape index (κ2) is 17.8. The van der Waals surface area contributed by atoms with E-state index in [-0.39, 0.29) is 37.1 Å². The molecule has 0 aromatic heterocycles. The number of carbonyl (C=O) groups excluding carboxylic acids is 3. The summed E-state index contributed by atoms with van der Waals surface area (Å²) < 4.78 is 0. The molecule has 0 spiro atoms. The van der Waals surface area contributed by atoms with Crippen LogP contribution >= 0.6 is 12.4 Å². The molecule has 0 fully saturated rings. The van der Waals surface area contributed by atoms with Gasteiger partial charge >= 0.3 is 5.97 Å². The normalized spacial score (nSPS) is 11.1. The molecule has 8 heteroatoms. The standard InChI is InChI=1S/C31H37N3O4.ClH/c32-28(22-26-14-5-2-6-15-26)31(37)33-20-10-19-30(36)38-34-29(35)23-27-18-9-17-25(21-27)16-8-7-13-24-11-3-1-4-12-24;/h1-6,9,11-12,14-15,17-18,21,28H,7-8,10,13,16,19-20,22-23,32H2,(H,33,37)(H,34,35);1H/t28-;/m0./s1. The summed E-state index contributed by atoms with van der Waals surface area (Å²) in [5.41, 5.74) is 12.6. The van der Waals surface area contributed by atoms with Crippen LogP contribution in [0.1, 0.15) is 47.9 Å². The highest BCUT2D eigenvalue weighted by atomic mass is 35.5. The third-order valence-corrected chi connectivity index (χ3v) is 6.15. The second-order valence-electron chi connectivity index (χ2n) is 9.38. The highest BCUT2D eigenvalue weighted by molar-refractivity contribution is 5.85. The lowest BCUT2D eigenvalue weighted by Gasteiger charge is -2.12. The third kappa shape index (κ3) is 12.6. The maximum atomic E-state index is 12.2. The number of unbranched alkanes of at least 4 members (excludes halogenated alkanes) is 1. The number of halogens is 1. The van der Waals surface area contributed by atoms with Crippen LogP contribution in [-0.4, -0.2) is 30.4 Å². The van der Waals surface area contributed by atoms with E-state index in [1.165, 1.54) is 11.1 Å². The topological polar surface area (TPSA) is 111 Å². The van der Waals surface area contributed by atoms with E-state index in [0.717, 1.165) is 36.8 Å².